The van der Waals surface area contributed by atoms with Gasteiger partial charge in [0.05, 0.1) is 15.6 Å². The predicted octanol–water partition coefficient (Wildman–Crippen LogP) is 7.23. The van der Waals surface area contributed by atoms with Gasteiger partial charge in [-0.2, -0.15) is 13.2 Å². The molecule has 0 heterocycles. The minimum absolute atomic E-state index is 0.103. The van der Waals surface area contributed by atoms with E-state index in [0.717, 1.165) is 6.07 Å². The van der Waals surface area contributed by atoms with E-state index in [4.69, 9.17) is 34.8 Å². The maximum atomic E-state index is 13.1. The highest BCUT2D eigenvalue weighted by Crippen LogP contribution is 2.40. The SMILES string of the molecule is FC(F)(F)c1cc(-c2cc(Cl)cc(Cl)c2Cl)ccc1CBr. The van der Waals surface area contributed by atoms with Gasteiger partial charge in [-0.25, -0.2) is 0 Å². The van der Waals surface area contributed by atoms with Gasteiger partial charge in [0, 0.05) is 15.9 Å². The second-order valence-electron chi connectivity index (χ2n) is 4.25. The quantitative estimate of drug-likeness (QED) is 0.357. The van der Waals surface area contributed by atoms with Crippen LogP contribution in [0, 0.1) is 0 Å². The molecule has 0 aliphatic heterocycles. The van der Waals surface area contributed by atoms with Crippen molar-refractivity contribution in [3.63, 3.8) is 0 Å². The van der Waals surface area contributed by atoms with Crippen LogP contribution in [0.4, 0.5) is 13.2 Å². The van der Waals surface area contributed by atoms with Gasteiger partial charge in [0.1, 0.15) is 0 Å². The highest BCUT2D eigenvalue weighted by atomic mass is 79.9. The highest BCUT2D eigenvalue weighted by molar-refractivity contribution is 9.08. The number of hydrogen-bond acceptors (Lipinski definition) is 0. The summed E-state index contributed by atoms with van der Waals surface area (Å²) in [5.74, 6) is 0. The lowest BCUT2D eigenvalue weighted by atomic mass is 9.99. The van der Waals surface area contributed by atoms with E-state index in [-0.39, 0.29) is 20.9 Å². The number of benzene rings is 2. The van der Waals surface area contributed by atoms with Crippen LogP contribution >= 0.6 is 50.7 Å². The lowest BCUT2D eigenvalue weighted by molar-refractivity contribution is -0.138. The lowest BCUT2D eigenvalue weighted by Crippen LogP contribution is -2.08. The Labute approximate surface area is 142 Å². The number of halogens is 7. The summed E-state index contributed by atoms with van der Waals surface area (Å²) in [5.41, 5.74) is 0.0988. The van der Waals surface area contributed by atoms with E-state index in [1.165, 1.54) is 18.2 Å². The van der Waals surface area contributed by atoms with Crippen LogP contribution < -0.4 is 0 Å². The summed E-state index contributed by atoms with van der Waals surface area (Å²) in [6.07, 6.45) is -4.45. The van der Waals surface area contributed by atoms with Gasteiger partial charge in [-0.15, -0.1) is 0 Å². The third kappa shape index (κ3) is 3.67. The minimum atomic E-state index is -4.45. The second-order valence-corrected chi connectivity index (χ2v) is 6.03. The largest absolute Gasteiger partial charge is 0.416 e. The Bertz CT molecular complexity index is 684. The number of alkyl halides is 4. The van der Waals surface area contributed by atoms with Crippen molar-refractivity contribution in [2.24, 2.45) is 0 Å². The molecule has 2 aromatic carbocycles. The molecule has 2 rings (SSSR count). The van der Waals surface area contributed by atoms with Crippen molar-refractivity contribution in [1.29, 1.82) is 0 Å². The zero-order valence-electron chi connectivity index (χ0n) is 10.2. The van der Waals surface area contributed by atoms with E-state index in [1.54, 1.807) is 6.07 Å². The summed E-state index contributed by atoms with van der Waals surface area (Å²) in [7, 11) is 0. The maximum Gasteiger partial charge on any atom is 0.416 e. The molecule has 0 saturated carbocycles. The third-order valence-electron chi connectivity index (χ3n) is 2.86. The predicted molar refractivity (Wildman–Crippen MR) is 84.5 cm³/mol. The summed E-state index contributed by atoms with van der Waals surface area (Å²) in [6, 6.07) is 6.92. The first-order valence-corrected chi connectivity index (χ1v) is 7.90. The first-order valence-electron chi connectivity index (χ1n) is 5.65. The van der Waals surface area contributed by atoms with Gasteiger partial charge in [-0.3, -0.25) is 0 Å². The van der Waals surface area contributed by atoms with Gasteiger partial charge in [0.25, 0.3) is 0 Å². The molecule has 2 aromatic rings. The minimum Gasteiger partial charge on any atom is -0.166 e. The molecule has 0 bridgehead atoms. The fourth-order valence-electron chi connectivity index (χ4n) is 1.89. The number of hydrogen-bond donors (Lipinski definition) is 0. The summed E-state index contributed by atoms with van der Waals surface area (Å²) in [6.45, 7) is 0. The van der Waals surface area contributed by atoms with E-state index in [0.29, 0.717) is 16.1 Å². The van der Waals surface area contributed by atoms with Gasteiger partial charge in [0.2, 0.25) is 0 Å². The van der Waals surface area contributed by atoms with Crippen LogP contribution in [0.15, 0.2) is 30.3 Å². The van der Waals surface area contributed by atoms with Crippen molar-refractivity contribution >= 4 is 50.7 Å². The van der Waals surface area contributed by atoms with Crippen molar-refractivity contribution in [2.45, 2.75) is 11.5 Å². The molecule has 0 aliphatic rings. The Balaban J connectivity index is 2.66. The molecule has 0 saturated heterocycles. The Morgan fingerprint density at radius 1 is 1.00 bits per heavy atom. The van der Waals surface area contributed by atoms with Crippen LogP contribution in [-0.4, -0.2) is 0 Å². The van der Waals surface area contributed by atoms with Crippen LogP contribution in [0.25, 0.3) is 11.1 Å². The molecule has 0 atom stereocenters. The zero-order chi connectivity index (χ0) is 15.8. The maximum absolute atomic E-state index is 13.1. The van der Waals surface area contributed by atoms with E-state index < -0.39 is 11.7 Å². The smallest absolute Gasteiger partial charge is 0.166 e. The van der Waals surface area contributed by atoms with Crippen molar-refractivity contribution in [1.82, 2.24) is 0 Å². The molecule has 0 amide bonds. The average Bonchev–Trinajstić information content (AvgIpc) is 2.41. The normalized spacial score (nSPS) is 11.8. The van der Waals surface area contributed by atoms with Gasteiger partial charge >= 0.3 is 6.18 Å². The van der Waals surface area contributed by atoms with Gasteiger partial charge in [0.15, 0.2) is 0 Å². The van der Waals surface area contributed by atoms with Gasteiger partial charge in [-0.05, 0) is 29.3 Å². The monoisotopic (exact) mass is 416 g/mol. The fourth-order valence-corrected chi connectivity index (χ4v) is 3.09. The molecule has 7 heteroatoms. The first-order chi connectivity index (χ1) is 9.74. The van der Waals surface area contributed by atoms with E-state index >= 15 is 0 Å². The average molecular weight is 418 g/mol. The first kappa shape index (κ1) is 16.9. The molecule has 0 aromatic heterocycles. The molecule has 112 valence electrons. The van der Waals surface area contributed by atoms with E-state index in [9.17, 15) is 13.2 Å². The van der Waals surface area contributed by atoms with Crippen molar-refractivity contribution < 1.29 is 13.2 Å². The Hall–Kier alpha value is -0.420. The highest BCUT2D eigenvalue weighted by Gasteiger charge is 2.33. The molecule has 0 spiro atoms. The molecule has 0 N–H and O–H groups in total. The standard InChI is InChI=1S/C14H7BrCl3F3/c15-6-8-2-1-7(3-11(8)14(19,20)21)10-4-9(16)5-12(17)13(10)18/h1-5H,6H2. The van der Waals surface area contributed by atoms with Crippen LogP contribution in [0.1, 0.15) is 11.1 Å². The third-order valence-corrected chi connectivity index (χ3v) is 4.49. The Morgan fingerprint density at radius 2 is 1.67 bits per heavy atom. The molecular formula is C14H7BrCl3F3. The molecule has 0 aliphatic carbocycles. The lowest BCUT2D eigenvalue weighted by Gasteiger charge is -2.14. The van der Waals surface area contributed by atoms with Crippen LogP contribution in [0.3, 0.4) is 0 Å². The van der Waals surface area contributed by atoms with Crippen molar-refractivity contribution in [2.75, 3.05) is 0 Å². The fraction of sp³-hybridized carbons (Fsp3) is 0.143. The summed E-state index contributed by atoms with van der Waals surface area (Å²) >= 11 is 20.9. The second kappa shape index (κ2) is 6.37. The molecule has 0 radical (unpaired) electrons. The van der Waals surface area contributed by atoms with Crippen LogP contribution in [0.2, 0.25) is 15.1 Å². The molecule has 0 nitrogen and oxygen atoms in total. The van der Waals surface area contributed by atoms with Gasteiger partial charge in [-0.1, -0.05) is 62.9 Å². The van der Waals surface area contributed by atoms with E-state index in [1.807, 2.05) is 0 Å². The Kier molecular flexibility index (Phi) is 5.14. The summed E-state index contributed by atoms with van der Waals surface area (Å²) in [5, 5.41) is 0.766. The molecule has 0 unspecified atom stereocenters. The van der Waals surface area contributed by atoms with Crippen LogP contribution in [0.5, 0.6) is 0 Å². The molecular weight excluding hydrogens is 411 g/mol. The molecule has 21 heavy (non-hydrogen) atoms. The number of rotatable bonds is 2. The topological polar surface area (TPSA) is 0 Å². The molecule has 0 fully saturated rings. The van der Waals surface area contributed by atoms with Gasteiger partial charge < -0.3 is 0 Å². The van der Waals surface area contributed by atoms with Crippen LogP contribution in [-0.2, 0) is 11.5 Å². The zero-order valence-corrected chi connectivity index (χ0v) is 14.1. The van der Waals surface area contributed by atoms with Crippen molar-refractivity contribution in [3.8, 4) is 11.1 Å². The Morgan fingerprint density at radius 3 is 2.24 bits per heavy atom. The summed E-state index contributed by atoms with van der Waals surface area (Å²) in [4.78, 5) is 0. The van der Waals surface area contributed by atoms with E-state index in [2.05, 4.69) is 15.9 Å². The summed E-state index contributed by atoms with van der Waals surface area (Å²) < 4.78 is 39.3. The van der Waals surface area contributed by atoms with Crippen molar-refractivity contribution in [3.05, 3.63) is 56.5 Å².